The molecule has 0 fully saturated rings. The number of hydrogen-bond donors (Lipinski definition) is 3. The lowest BCUT2D eigenvalue weighted by atomic mass is 10.1. The highest BCUT2D eigenvalue weighted by Gasteiger charge is 2.10. The van der Waals surface area contributed by atoms with E-state index in [9.17, 15) is 4.79 Å². The predicted molar refractivity (Wildman–Crippen MR) is 74.1 cm³/mol. The Morgan fingerprint density at radius 1 is 1.53 bits per heavy atom. The normalized spacial score (nSPS) is 12.0. The van der Waals surface area contributed by atoms with Crippen LogP contribution in [-0.2, 0) is 11.2 Å². The minimum absolute atomic E-state index is 0.329. The summed E-state index contributed by atoms with van der Waals surface area (Å²) >= 11 is 0. The molecule has 1 rings (SSSR count). The Morgan fingerprint density at radius 2 is 2.26 bits per heavy atom. The molecule has 5 heteroatoms. The molecule has 1 unspecified atom stereocenters. The van der Waals surface area contributed by atoms with Gasteiger partial charge in [-0.15, -0.1) is 0 Å². The third-order valence-corrected chi connectivity index (χ3v) is 2.79. The van der Waals surface area contributed by atoms with Gasteiger partial charge in [-0.1, -0.05) is 12.1 Å². The molecule has 19 heavy (non-hydrogen) atoms. The van der Waals surface area contributed by atoms with E-state index >= 15 is 0 Å². The molecule has 0 aromatic heterocycles. The Balaban J connectivity index is 2.46. The SMILES string of the molecule is CCOc1ccc(CCNC(=O)C(N)CO)cc1C. The minimum atomic E-state index is -0.845. The van der Waals surface area contributed by atoms with E-state index in [-0.39, 0.29) is 12.5 Å². The van der Waals surface area contributed by atoms with Crippen molar-refractivity contribution in [2.75, 3.05) is 19.8 Å². The van der Waals surface area contributed by atoms with Crippen molar-refractivity contribution in [1.82, 2.24) is 5.32 Å². The van der Waals surface area contributed by atoms with E-state index in [0.717, 1.165) is 23.3 Å². The Hall–Kier alpha value is -1.59. The van der Waals surface area contributed by atoms with Gasteiger partial charge in [0.05, 0.1) is 13.2 Å². The zero-order chi connectivity index (χ0) is 14.3. The van der Waals surface area contributed by atoms with E-state index < -0.39 is 6.04 Å². The maximum atomic E-state index is 11.4. The third kappa shape index (κ3) is 4.89. The van der Waals surface area contributed by atoms with E-state index in [1.807, 2.05) is 32.0 Å². The fraction of sp³-hybridized carbons (Fsp3) is 0.500. The lowest BCUT2D eigenvalue weighted by Gasteiger charge is -2.11. The van der Waals surface area contributed by atoms with Crippen LogP contribution >= 0.6 is 0 Å². The van der Waals surface area contributed by atoms with Crippen molar-refractivity contribution in [3.05, 3.63) is 29.3 Å². The number of aliphatic hydroxyl groups is 1. The lowest BCUT2D eigenvalue weighted by Crippen LogP contribution is -2.43. The highest BCUT2D eigenvalue weighted by Crippen LogP contribution is 2.19. The number of nitrogens with one attached hydrogen (secondary N) is 1. The summed E-state index contributed by atoms with van der Waals surface area (Å²) in [6.07, 6.45) is 0.719. The zero-order valence-corrected chi connectivity index (χ0v) is 11.5. The zero-order valence-electron chi connectivity index (χ0n) is 11.5. The van der Waals surface area contributed by atoms with Gasteiger partial charge in [-0.25, -0.2) is 0 Å². The topological polar surface area (TPSA) is 84.6 Å². The van der Waals surface area contributed by atoms with Crippen LogP contribution in [0.15, 0.2) is 18.2 Å². The van der Waals surface area contributed by atoms with E-state index in [1.165, 1.54) is 0 Å². The van der Waals surface area contributed by atoms with E-state index in [1.54, 1.807) is 0 Å². The lowest BCUT2D eigenvalue weighted by molar-refractivity contribution is -0.123. The number of benzene rings is 1. The third-order valence-electron chi connectivity index (χ3n) is 2.79. The van der Waals surface area contributed by atoms with Gasteiger partial charge in [-0.3, -0.25) is 4.79 Å². The van der Waals surface area contributed by atoms with Crippen molar-refractivity contribution in [1.29, 1.82) is 0 Å². The first-order chi connectivity index (χ1) is 9.08. The summed E-state index contributed by atoms with van der Waals surface area (Å²) in [7, 11) is 0. The summed E-state index contributed by atoms with van der Waals surface area (Å²) in [6, 6.07) is 5.12. The van der Waals surface area contributed by atoms with Gasteiger partial charge in [0.25, 0.3) is 0 Å². The molecular weight excluding hydrogens is 244 g/mol. The molecular formula is C14H22N2O3. The van der Waals surface area contributed by atoms with E-state index in [2.05, 4.69) is 5.32 Å². The number of carbonyl (C=O) groups excluding carboxylic acids is 1. The molecule has 1 aromatic rings. The van der Waals surface area contributed by atoms with Gasteiger partial charge < -0.3 is 20.9 Å². The maximum absolute atomic E-state index is 11.4. The summed E-state index contributed by atoms with van der Waals surface area (Å²) in [5, 5.41) is 11.4. The summed E-state index contributed by atoms with van der Waals surface area (Å²) < 4.78 is 5.47. The van der Waals surface area contributed by atoms with Crippen molar-refractivity contribution in [3.63, 3.8) is 0 Å². The molecule has 4 N–H and O–H groups in total. The quantitative estimate of drug-likeness (QED) is 0.666. The standard InChI is InChI=1S/C14H22N2O3/c1-3-19-13-5-4-11(8-10(13)2)6-7-16-14(18)12(15)9-17/h4-5,8,12,17H,3,6-7,9,15H2,1-2H3,(H,16,18). The molecule has 0 aliphatic heterocycles. The van der Waals surface area contributed by atoms with Crippen LogP contribution < -0.4 is 15.8 Å². The van der Waals surface area contributed by atoms with Gasteiger partial charge >= 0.3 is 0 Å². The highest BCUT2D eigenvalue weighted by molar-refractivity contribution is 5.81. The molecule has 0 spiro atoms. The van der Waals surface area contributed by atoms with Gasteiger partial charge in [-0.05, 0) is 37.5 Å². The average Bonchev–Trinajstić information content (AvgIpc) is 2.40. The fourth-order valence-corrected chi connectivity index (χ4v) is 1.73. The van der Waals surface area contributed by atoms with Crippen LogP contribution in [0.2, 0.25) is 0 Å². The molecule has 0 heterocycles. The number of hydrogen-bond acceptors (Lipinski definition) is 4. The number of aliphatic hydroxyl groups excluding tert-OH is 1. The Morgan fingerprint density at radius 3 is 2.84 bits per heavy atom. The molecule has 1 aromatic carbocycles. The second-order valence-corrected chi connectivity index (χ2v) is 4.36. The summed E-state index contributed by atoms with van der Waals surface area (Å²) in [5.41, 5.74) is 7.60. The number of nitrogens with two attached hydrogens (primary N) is 1. The molecule has 1 amide bonds. The molecule has 1 atom stereocenters. The predicted octanol–water partition coefficient (Wildman–Crippen LogP) is 0.372. The van der Waals surface area contributed by atoms with E-state index in [4.69, 9.17) is 15.6 Å². The molecule has 106 valence electrons. The number of carbonyl (C=O) groups is 1. The average molecular weight is 266 g/mol. The van der Waals surface area contributed by atoms with Gasteiger partial charge in [0.1, 0.15) is 11.8 Å². The molecule has 0 saturated heterocycles. The Labute approximate surface area is 113 Å². The second kappa shape index (κ2) is 7.76. The second-order valence-electron chi connectivity index (χ2n) is 4.36. The summed E-state index contributed by atoms with van der Waals surface area (Å²) in [4.78, 5) is 11.4. The van der Waals surface area contributed by atoms with Crippen molar-refractivity contribution >= 4 is 5.91 Å². The Kier molecular flexibility index (Phi) is 6.32. The molecule has 0 bridgehead atoms. The summed E-state index contributed by atoms with van der Waals surface area (Å²) in [6.45, 7) is 4.76. The van der Waals surface area contributed by atoms with E-state index in [0.29, 0.717) is 13.2 Å². The van der Waals surface area contributed by atoms with Gasteiger partial charge in [-0.2, -0.15) is 0 Å². The highest BCUT2D eigenvalue weighted by atomic mass is 16.5. The summed E-state index contributed by atoms with van der Waals surface area (Å²) in [5.74, 6) is 0.558. The first kappa shape index (κ1) is 15.5. The van der Waals surface area contributed by atoms with Gasteiger partial charge in [0.15, 0.2) is 0 Å². The van der Waals surface area contributed by atoms with Crippen LogP contribution in [0, 0.1) is 6.92 Å². The monoisotopic (exact) mass is 266 g/mol. The fourth-order valence-electron chi connectivity index (χ4n) is 1.73. The maximum Gasteiger partial charge on any atom is 0.239 e. The molecule has 0 saturated carbocycles. The van der Waals surface area contributed by atoms with Gasteiger partial charge in [0.2, 0.25) is 5.91 Å². The van der Waals surface area contributed by atoms with Crippen LogP contribution in [-0.4, -0.2) is 36.8 Å². The van der Waals surface area contributed by atoms with Crippen molar-refractivity contribution < 1.29 is 14.6 Å². The van der Waals surface area contributed by atoms with Crippen LogP contribution in [0.5, 0.6) is 5.75 Å². The number of ether oxygens (including phenoxy) is 1. The molecule has 0 radical (unpaired) electrons. The smallest absolute Gasteiger partial charge is 0.239 e. The number of aryl methyl sites for hydroxylation is 1. The number of amides is 1. The van der Waals surface area contributed by atoms with Gasteiger partial charge in [0, 0.05) is 6.54 Å². The first-order valence-corrected chi connectivity index (χ1v) is 6.45. The van der Waals surface area contributed by atoms with Crippen LogP contribution in [0.25, 0.3) is 0 Å². The van der Waals surface area contributed by atoms with Crippen molar-refractivity contribution in [2.45, 2.75) is 26.3 Å². The van der Waals surface area contributed by atoms with Crippen molar-refractivity contribution in [2.24, 2.45) is 5.73 Å². The molecule has 0 aliphatic carbocycles. The molecule has 5 nitrogen and oxygen atoms in total. The van der Waals surface area contributed by atoms with Crippen LogP contribution in [0.4, 0.5) is 0 Å². The minimum Gasteiger partial charge on any atom is -0.494 e. The molecule has 0 aliphatic rings. The largest absolute Gasteiger partial charge is 0.494 e. The van der Waals surface area contributed by atoms with Crippen LogP contribution in [0.1, 0.15) is 18.1 Å². The Bertz CT molecular complexity index is 421. The van der Waals surface area contributed by atoms with Crippen molar-refractivity contribution in [3.8, 4) is 5.75 Å². The first-order valence-electron chi connectivity index (χ1n) is 6.45. The number of rotatable bonds is 7. The van der Waals surface area contributed by atoms with Crippen LogP contribution in [0.3, 0.4) is 0 Å².